The molecule has 2 saturated carbocycles. The minimum absolute atomic E-state index is 0. The Kier molecular flexibility index (Phi) is 8.69. The minimum Gasteiger partial charge on any atom is -0.465 e. The summed E-state index contributed by atoms with van der Waals surface area (Å²) in [6, 6.07) is 8.67. The van der Waals surface area contributed by atoms with Crippen LogP contribution < -0.4 is 10.6 Å². The van der Waals surface area contributed by atoms with Crippen molar-refractivity contribution in [1.29, 1.82) is 0 Å². The predicted molar refractivity (Wildman–Crippen MR) is 161 cm³/mol. The number of aliphatic hydroxyl groups excluding tert-OH is 3. The van der Waals surface area contributed by atoms with Gasteiger partial charge in [0.25, 0.3) is 0 Å². The number of benzene rings is 1. The quantitative estimate of drug-likeness (QED) is 0.179. The molecule has 11 nitrogen and oxygen atoms in total. The van der Waals surface area contributed by atoms with Gasteiger partial charge >= 0.3 is 5.97 Å². The van der Waals surface area contributed by atoms with Gasteiger partial charge in [0.1, 0.15) is 22.4 Å². The minimum atomic E-state index is -1.07. The number of nitrogens with zero attached hydrogens (tertiary/aromatic N) is 4. The summed E-state index contributed by atoms with van der Waals surface area (Å²) >= 11 is 1.50. The van der Waals surface area contributed by atoms with E-state index in [2.05, 4.69) is 15.6 Å². The first-order valence-corrected chi connectivity index (χ1v) is 14.5. The number of fused-ring (bicyclic) bond motifs is 1. The standard InChI is InChI=1S/C29H32N6O5S.CH4/c1-14-22(27-33-20-12-30-10-9-21(20)41-27)26(32-19-11-18(13-36)24(37)25(19)38)35-29(31-14)34-23(15-3-4-15)16-5-7-17(8-6-16)28(39)40-2;/h5-10,12,15,18-19,23-25,36-38H,3-4,11,13H2,1-2H3,(H2,31,32,34,35);1H4/t18-,19-,23-,24-,25+;/m1./s1. The lowest BCUT2D eigenvalue weighted by Gasteiger charge is -2.23. The molecule has 2 fully saturated rings. The Hall–Kier alpha value is -3.71. The predicted octanol–water partition coefficient (Wildman–Crippen LogP) is 3.96. The fourth-order valence-corrected chi connectivity index (χ4v) is 6.53. The lowest BCUT2D eigenvalue weighted by Crippen LogP contribution is -2.35. The monoisotopic (exact) mass is 592 g/mol. The van der Waals surface area contributed by atoms with Crippen LogP contribution >= 0.6 is 11.3 Å². The van der Waals surface area contributed by atoms with Gasteiger partial charge in [-0.15, -0.1) is 11.3 Å². The number of carbonyl (C=O) groups is 1. The van der Waals surface area contributed by atoms with Gasteiger partial charge in [-0.25, -0.2) is 14.8 Å². The van der Waals surface area contributed by atoms with E-state index in [-0.39, 0.29) is 26.0 Å². The largest absolute Gasteiger partial charge is 0.465 e. The molecule has 222 valence electrons. The molecule has 5 atom stereocenters. The van der Waals surface area contributed by atoms with E-state index in [9.17, 15) is 20.1 Å². The first-order chi connectivity index (χ1) is 19.9. The first-order valence-electron chi connectivity index (χ1n) is 13.6. The van der Waals surface area contributed by atoms with Gasteiger partial charge in [-0.2, -0.15) is 4.98 Å². The van der Waals surface area contributed by atoms with Crippen LogP contribution in [0.3, 0.4) is 0 Å². The SMILES string of the molecule is C.COC(=O)c1ccc([C@H](Nc2nc(C)c(-c3nc4cnccc4s3)c(N[C@@H]3C[C@H](CO)[C@@H](O)[C@H]3O)n2)C2CC2)cc1. The normalized spacial score (nSPS) is 22.4. The van der Waals surface area contributed by atoms with Crippen molar-refractivity contribution >= 4 is 39.3 Å². The van der Waals surface area contributed by atoms with Crippen molar-refractivity contribution in [2.24, 2.45) is 11.8 Å². The van der Waals surface area contributed by atoms with Gasteiger partial charge in [0, 0.05) is 18.7 Å². The molecule has 3 heterocycles. The summed E-state index contributed by atoms with van der Waals surface area (Å²) in [5.41, 5.74) is 3.66. The average Bonchev–Trinajstić information content (AvgIpc) is 3.68. The van der Waals surface area contributed by atoms with Crippen molar-refractivity contribution in [2.75, 3.05) is 24.4 Å². The van der Waals surface area contributed by atoms with Gasteiger partial charge in [0.2, 0.25) is 5.95 Å². The number of methoxy groups -OCH3 is 1. The zero-order valence-corrected chi connectivity index (χ0v) is 23.5. The Morgan fingerprint density at radius 3 is 2.52 bits per heavy atom. The second-order valence-corrected chi connectivity index (χ2v) is 11.7. The van der Waals surface area contributed by atoms with Crippen LogP contribution in [0.1, 0.15) is 54.3 Å². The highest BCUT2D eigenvalue weighted by Crippen LogP contribution is 2.43. The summed E-state index contributed by atoms with van der Waals surface area (Å²) in [7, 11) is 1.36. The maximum Gasteiger partial charge on any atom is 0.337 e. The summed E-state index contributed by atoms with van der Waals surface area (Å²) in [6.07, 6.45) is 3.83. The third-order valence-corrected chi connectivity index (χ3v) is 8.97. The first kappa shape index (κ1) is 29.8. The van der Waals surface area contributed by atoms with Gasteiger partial charge in [-0.1, -0.05) is 19.6 Å². The highest BCUT2D eigenvalue weighted by atomic mass is 32.1. The number of anilines is 2. The highest BCUT2D eigenvalue weighted by molar-refractivity contribution is 7.21. The lowest BCUT2D eigenvalue weighted by molar-refractivity contribution is 0.00446. The second kappa shape index (κ2) is 12.3. The van der Waals surface area contributed by atoms with E-state index in [4.69, 9.17) is 19.7 Å². The van der Waals surface area contributed by atoms with Crippen LogP contribution in [0.25, 0.3) is 20.8 Å². The van der Waals surface area contributed by atoms with Crippen LogP contribution in [-0.2, 0) is 4.74 Å². The summed E-state index contributed by atoms with van der Waals surface area (Å²) in [4.78, 5) is 30.6. The number of ether oxygens (including phenoxy) is 1. The molecular formula is C30H36N6O5S. The number of aromatic nitrogens is 4. The molecule has 1 aromatic carbocycles. The molecule has 2 aliphatic rings. The van der Waals surface area contributed by atoms with Crippen LogP contribution in [0.4, 0.5) is 11.8 Å². The fraction of sp³-hybridized carbons (Fsp3) is 0.433. The Morgan fingerprint density at radius 1 is 1.12 bits per heavy atom. The molecule has 0 unspecified atom stereocenters. The van der Waals surface area contributed by atoms with E-state index >= 15 is 0 Å². The van der Waals surface area contributed by atoms with Crippen molar-refractivity contribution in [2.45, 2.75) is 57.9 Å². The summed E-state index contributed by atoms with van der Waals surface area (Å²) in [5.74, 6) is 0.473. The number of hydrogen-bond acceptors (Lipinski definition) is 12. The Labute approximate surface area is 248 Å². The smallest absolute Gasteiger partial charge is 0.337 e. The number of pyridine rings is 1. The van der Waals surface area contributed by atoms with Gasteiger partial charge in [0.05, 0.1) is 53.0 Å². The molecule has 0 radical (unpaired) electrons. The maximum atomic E-state index is 11.9. The third kappa shape index (κ3) is 5.80. The van der Waals surface area contributed by atoms with Gasteiger partial charge in [-0.05, 0) is 55.9 Å². The van der Waals surface area contributed by atoms with Crippen molar-refractivity contribution in [3.8, 4) is 10.6 Å². The molecule has 0 amide bonds. The molecule has 3 aromatic heterocycles. The average molecular weight is 593 g/mol. The molecule has 5 N–H and O–H groups in total. The van der Waals surface area contributed by atoms with Crippen LogP contribution in [0.15, 0.2) is 42.7 Å². The number of rotatable bonds is 9. The molecule has 0 saturated heterocycles. The maximum absolute atomic E-state index is 11.9. The van der Waals surface area contributed by atoms with E-state index < -0.39 is 24.2 Å². The molecule has 6 rings (SSSR count). The van der Waals surface area contributed by atoms with Crippen molar-refractivity contribution in [3.63, 3.8) is 0 Å². The second-order valence-electron chi connectivity index (χ2n) is 10.7. The number of thiazole rings is 1. The van der Waals surface area contributed by atoms with Crippen molar-refractivity contribution < 1.29 is 24.9 Å². The zero-order valence-electron chi connectivity index (χ0n) is 22.7. The van der Waals surface area contributed by atoms with E-state index in [1.54, 1.807) is 24.5 Å². The van der Waals surface area contributed by atoms with Crippen molar-refractivity contribution in [3.05, 3.63) is 59.5 Å². The molecular weight excluding hydrogens is 556 g/mol. The number of carbonyl (C=O) groups excluding carboxylic acids is 1. The lowest BCUT2D eigenvalue weighted by atomic mass is 10.0. The summed E-state index contributed by atoms with van der Waals surface area (Å²) in [5, 5.41) is 38.5. The van der Waals surface area contributed by atoms with Crippen LogP contribution in [0, 0.1) is 18.8 Å². The van der Waals surface area contributed by atoms with E-state index in [1.807, 2.05) is 25.1 Å². The van der Waals surface area contributed by atoms with E-state index in [1.165, 1.54) is 18.4 Å². The Bertz CT molecular complexity index is 1530. The van der Waals surface area contributed by atoms with Crippen LogP contribution in [0.2, 0.25) is 0 Å². The Morgan fingerprint density at radius 2 is 1.88 bits per heavy atom. The molecule has 4 aromatic rings. The molecule has 42 heavy (non-hydrogen) atoms. The Balaban J connectivity index is 0.00000353. The van der Waals surface area contributed by atoms with Crippen LogP contribution in [0.5, 0.6) is 0 Å². The summed E-state index contributed by atoms with van der Waals surface area (Å²) < 4.78 is 5.81. The molecule has 0 aliphatic heterocycles. The van der Waals surface area contributed by atoms with Gasteiger partial charge in [-0.3, -0.25) is 4.98 Å². The van der Waals surface area contributed by atoms with Crippen LogP contribution in [-0.4, -0.2) is 73.2 Å². The van der Waals surface area contributed by atoms with Gasteiger partial charge in [0.15, 0.2) is 0 Å². The number of aliphatic hydroxyl groups is 3. The molecule has 0 spiro atoms. The van der Waals surface area contributed by atoms with Gasteiger partial charge < -0.3 is 30.7 Å². The van der Waals surface area contributed by atoms with E-state index in [0.717, 1.165) is 28.6 Å². The molecule has 12 heteroatoms. The topological polar surface area (TPSA) is 163 Å². The molecule has 0 bridgehead atoms. The number of esters is 1. The van der Waals surface area contributed by atoms with E-state index in [0.29, 0.717) is 45.9 Å². The summed E-state index contributed by atoms with van der Waals surface area (Å²) in [6.45, 7) is 1.67. The number of aryl methyl sites for hydroxylation is 1. The highest BCUT2D eigenvalue weighted by Gasteiger charge is 2.42. The van der Waals surface area contributed by atoms with Crippen molar-refractivity contribution in [1.82, 2.24) is 19.9 Å². The number of hydrogen-bond donors (Lipinski definition) is 5. The third-order valence-electron chi connectivity index (χ3n) is 7.92. The molecule has 2 aliphatic carbocycles. The fourth-order valence-electron chi connectivity index (χ4n) is 5.50. The number of nitrogens with one attached hydrogen (secondary N) is 2. The zero-order chi connectivity index (χ0) is 28.7.